The predicted molar refractivity (Wildman–Crippen MR) is 97.7 cm³/mol. The number of nitrogens with one attached hydrogen (secondary N) is 1. The van der Waals surface area contributed by atoms with Crippen molar-refractivity contribution in [3.05, 3.63) is 24.3 Å². The molecule has 2 amide bonds. The first-order chi connectivity index (χ1) is 12.6. The summed E-state index contributed by atoms with van der Waals surface area (Å²) in [5.41, 5.74) is 0.306. The van der Waals surface area contributed by atoms with Gasteiger partial charge in [0.15, 0.2) is 0 Å². The van der Waals surface area contributed by atoms with Gasteiger partial charge in [0.1, 0.15) is 5.69 Å². The van der Waals surface area contributed by atoms with Gasteiger partial charge in [-0.25, -0.2) is 4.98 Å². The molecule has 0 aliphatic carbocycles. The van der Waals surface area contributed by atoms with E-state index in [2.05, 4.69) is 20.2 Å². The zero-order chi connectivity index (χ0) is 18.8. The Labute approximate surface area is 154 Å². The van der Waals surface area contributed by atoms with E-state index in [4.69, 9.17) is 4.74 Å². The van der Waals surface area contributed by atoms with Gasteiger partial charge in [-0.15, -0.1) is 0 Å². The van der Waals surface area contributed by atoms with Crippen LogP contribution in [0.3, 0.4) is 0 Å². The fourth-order valence-corrected chi connectivity index (χ4v) is 2.79. The number of carbonyl (C=O) groups is 2. The molecule has 8 nitrogen and oxygen atoms in total. The maximum Gasteiger partial charge on any atom is 0.274 e. The van der Waals surface area contributed by atoms with Crippen LogP contribution in [0, 0.1) is 5.92 Å². The highest BCUT2D eigenvalue weighted by Gasteiger charge is 2.19. The van der Waals surface area contributed by atoms with Crippen LogP contribution in [0.4, 0.5) is 0 Å². The van der Waals surface area contributed by atoms with Crippen molar-refractivity contribution in [2.45, 2.75) is 20.3 Å². The van der Waals surface area contributed by atoms with Crippen molar-refractivity contribution in [3.8, 4) is 0 Å². The van der Waals surface area contributed by atoms with Gasteiger partial charge in [0, 0.05) is 58.1 Å². The van der Waals surface area contributed by atoms with E-state index in [1.807, 2.05) is 13.8 Å². The van der Waals surface area contributed by atoms with Gasteiger partial charge in [-0.05, 0) is 5.92 Å². The molecule has 1 aromatic rings. The van der Waals surface area contributed by atoms with E-state index in [9.17, 15) is 9.59 Å². The van der Waals surface area contributed by atoms with Gasteiger partial charge in [-0.1, -0.05) is 13.8 Å². The summed E-state index contributed by atoms with van der Waals surface area (Å²) < 4.78 is 5.31. The summed E-state index contributed by atoms with van der Waals surface area (Å²) in [4.78, 5) is 36.7. The molecule has 0 unspecified atom stereocenters. The Balaban J connectivity index is 1.76. The Bertz CT molecular complexity index is 561. The van der Waals surface area contributed by atoms with Gasteiger partial charge in [0.25, 0.3) is 5.91 Å². The van der Waals surface area contributed by atoms with Crippen molar-refractivity contribution in [3.63, 3.8) is 0 Å². The average Bonchev–Trinajstić information content (AvgIpc) is 2.66. The molecular formula is C18H29N5O3. The second-order valence-electron chi connectivity index (χ2n) is 6.79. The zero-order valence-corrected chi connectivity index (χ0v) is 15.7. The molecule has 0 aromatic carbocycles. The van der Waals surface area contributed by atoms with Gasteiger partial charge < -0.3 is 15.0 Å². The SMILES string of the molecule is CC(C)CN(CCC(=O)NCCN1CCOCC1)C(=O)c1cnccn1. The summed E-state index contributed by atoms with van der Waals surface area (Å²) in [6.45, 7) is 9.79. The van der Waals surface area contributed by atoms with E-state index in [1.54, 1.807) is 4.90 Å². The van der Waals surface area contributed by atoms with Crippen molar-refractivity contribution in [1.29, 1.82) is 0 Å². The predicted octanol–water partition coefficient (Wildman–Crippen LogP) is 0.413. The Hall–Kier alpha value is -2.06. The van der Waals surface area contributed by atoms with Crippen molar-refractivity contribution >= 4 is 11.8 Å². The van der Waals surface area contributed by atoms with Crippen molar-refractivity contribution < 1.29 is 14.3 Å². The highest BCUT2D eigenvalue weighted by molar-refractivity contribution is 5.92. The standard InChI is InChI=1S/C18H29N5O3/c1-15(2)14-23(18(25)16-13-19-4-5-20-16)7-3-17(24)21-6-8-22-9-11-26-12-10-22/h4-5,13,15H,3,6-12,14H2,1-2H3,(H,21,24). The first kappa shape index (κ1) is 20.3. The highest BCUT2D eigenvalue weighted by Crippen LogP contribution is 2.06. The molecule has 1 fully saturated rings. The molecule has 0 radical (unpaired) electrons. The molecule has 144 valence electrons. The fourth-order valence-electron chi connectivity index (χ4n) is 2.79. The van der Waals surface area contributed by atoms with Gasteiger partial charge in [0.05, 0.1) is 19.4 Å². The molecule has 0 spiro atoms. The summed E-state index contributed by atoms with van der Waals surface area (Å²) in [5.74, 6) is 0.0758. The molecule has 1 saturated heterocycles. The number of aromatic nitrogens is 2. The third-order valence-electron chi connectivity index (χ3n) is 4.12. The highest BCUT2D eigenvalue weighted by atomic mass is 16.5. The van der Waals surface area contributed by atoms with Crippen LogP contribution in [0.2, 0.25) is 0 Å². The van der Waals surface area contributed by atoms with Crippen LogP contribution in [0.1, 0.15) is 30.8 Å². The average molecular weight is 363 g/mol. The molecule has 8 heteroatoms. The molecular weight excluding hydrogens is 334 g/mol. The van der Waals surface area contributed by atoms with Crippen LogP contribution in [0.5, 0.6) is 0 Å². The normalized spacial score (nSPS) is 15.0. The number of carbonyl (C=O) groups excluding carboxylic acids is 2. The van der Waals surface area contributed by atoms with Crippen molar-refractivity contribution in [2.75, 3.05) is 52.5 Å². The Kier molecular flexibility index (Phi) is 8.43. The Morgan fingerprint density at radius 3 is 2.73 bits per heavy atom. The molecule has 26 heavy (non-hydrogen) atoms. The minimum absolute atomic E-state index is 0.0426. The minimum Gasteiger partial charge on any atom is -0.379 e. The fraction of sp³-hybridized carbons (Fsp3) is 0.667. The van der Waals surface area contributed by atoms with Crippen LogP contribution in [-0.4, -0.2) is 84.1 Å². The van der Waals surface area contributed by atoms with E-state index < -0.39 is 0 Å². The van der Waals surface area contributed by atoms with Gasteiger partial charge in [0.2, 0.25) is 5.91 Å². The largest absolute Gasteiger partial charge is 0.379 e. The minimum atomic E-state index is -0.187. The van der Waals surface area contributed by atoms with E-state index in [-0.39, 0.29) is 18.2 Å². The van der Waals surface area contributed by atoms with E-state index in [0.717, 1.165) is 32.8 Å². The summed E-state index contributed by atoms with van der Waals surface area (Å²) in [7, 11) is 0. The first-order valence-corrected chi connectivity index (χ1v) is 9.18. The third-order valence-corrected chi connectivity index (χ3v) is 4.12. The van der Waals surface area contributed by atoms with Crippen molar-refractivity contribution in [1.82, 2.24) is 25.1 Å². The zero-order valence-electron chi connectivity index (χ0n) is 15.7. The van der Waals surface area contributed by atoms with E-state index >= 15 is 0 Å². The topological polar surface area (TPSA) is 87.7 Å². The second kappa shape index (κ2) is 10.8. The summed E-state index contributed by atoms with van der Waals surface area (Å²) in [6.07, 6.45) is 4.77. The molecule has 1 aliphatic heterocycles. The lowest BCUT2D eigenvalue weighted by molar-refractivity contribution is -0.121. The number of hydrogen-bond acceptors (Lipinski definition) is 6. The van der Waals surface area contributed by atoms with Crippen LogP contribution >= 0.6 is 0 Å². The quantitative estimate of drug-likeness (QED) is 0.684. The number of ether oxygens (including phenoxy) is 1. The first-order valence-electron chi connectivity index (χ1n) is 9.18. The summed E-state index contributed by atoms with van der Waals surface area (Å²) in [5, 5.41) is 2.93. The van der Waals surface area contributed by atoms with Crippen LogP contribution in [0.15, 0.2) is 18.6 Å². The monoisotopic (exact) mass is 363 g/mol. The summed E-state index contributed by atoms with van der Waals surface area (Å²) in [6, 6.07) is 0. The lowest BCUT2D eigenvalue weighted by atomic mass is 10.2. The molecule has 2 heterocycles. The molecule has 1 N–H and O–H groups in total. The van der Waals surface area contributed by atoms with Crippen molar-refractivity contribution in [2.24, 2.45) is 5.92 Å². The van der Waals surface area contributed by atoms with E-state index in [0.29, 0.717) is 31.2 Å². The molecule has 2 rings (SSSR count). The number of nitrogens with zero attached hydrogens (tertiary/aromatic N) is 4. The maximum absolute atomic E-state index is 12.6. The second-order valence-corrected chi connectivity index (χ2v) is 6.79. The number of amides is 2. The van der Waals surface area contributed by atoms with Crippen LogP contribution in [0.25, 0.3) is 0 Å². The number of rotatable bonds is 9. The smallest absolute Gasteiger partial charge is 0.274 e. The number of morpholine rings is 1. The molecule has 1 aromatic heterocycles. The molecule has 1 aliphatic rings. The summed E-state index contributed by atoms with van der Waals surface area (Å²) >= 11 is 0. The Morgan fingerprint density at radius 1 is 1.31 bits per heavy atom. The third kappa shape index (κ3) is 7.05. The van der Waals surface area contributed by atoms with Crippen LogP contribution < -0.4 is 5.32 Å². The molecule has 0 saturated carbocycles. The van der Waals surface area contributed by atoms with Gasteiger partial charge in [-0.3, -0.25) is 19.5 Å². The number of hydrogen-bond donors (Lipinski definition) is 1. The van der Waals surface area contributed by atoms with Crippen LogP contribution in [-0.2, 0) is 9.53 Å². The lowest BCUT2D eigenvalue weighted by Gasteiger charge is -2.26. The maximum atomic E-state index is 12.6. The lowest BCUT2D eigenvalue weighted by Crippen LogP contribution is -2.42. The molecule has 0 bridgehead atoms. The Morgan fingerprint density at radius 2 is 2.08 bits per heavy atom. The van der Waals surface area contributed by atoms with Gasteiger partial charge >= 0.3 is 0 Å². The van der Waals surface area contributed by atoms with E-state index in [1.165, 1.54) is 18.6 Å². The van der Waals surface area contributed by atoms with Gasteiger partial charge in [-0.2, -0.15) is 0 Å². The molecule has 0 atom stereocenters.